The van der Waals surface area contributed by atoms with Gasteiger partial charge in [0.2, 0.25) is 5.88 Å². The van der Waals surface area contributed by atoms with Gasteiger partial charge in [-0.1, -0.05) is 6.07 Å². The quantitative estimate of drug-likeness (QED) is 0.850. The van der Waals surface area contributed by atoms with E-state index in [0.717, 1.165) is 0 Å². The Bertz CT molecular complexity index is 641. The van der Waals surface area contributed by atoms with Gasteiger partial charge in [-0.15, -0.1) is 0 Å². The Morgan fingerprint density at radius 3 is 2.65 bits per heavy atom. The molecule has 0 fully saturated rings. The number of benzene rings is 1. The smallest absolute Gasteiger partial charge is 0.262 e. The number of carbonyl (C=O) groups excluding carboxylic acids is 1. The van der Waals surface area contributed by atoms with Gasteiger partial charge in [0.05, 0.1) is 25.1 Å². The molecule has 0 saturated heterocycles. The average Bonchev–Trinajstić information content (AvgIpc) is 2.54. The molecule has 1 heterocycles. The predicted octanol–water partition coefficient (Wildman–Crippen LogP) is 2.89. The van der Waals surface area contributed by atoms with E-state index in [-0.39, 0.29) is 18.6 Å². The zero-order valence-corrected chi connectivity index (χ0v) is 13.4. The van der Waals surface area contributed by atoms with Gasteiger partial charge in [-0.2, -0.15) is 0 Å². The molecule has 6 nitrogen and oxygen atoms in total. The van der Waals surface area contributed by atoms with Gasteiger partial charge in [0.1, 0.15) is 11.5 Å². The van der Waals surface area contributed by atoms with Crippen LogP contribution in [0.15, 0.2) is 42.6 Å². The van der Waals surface area contributed by atoms with Crippen LogP contribution in [-0.2, 0) is 4.79 Å². The summed E-state index contributed by atoms with van der Waals surface area (Å²) in [6, 6.07) is 10.5. The van der Waals surface area contributed by atoms with Crippen molar-refractivity contribution < 1.29 is 19.0 Å². The molecule has 1 N–H and O–H groups in total. The van der Waals surface area contributed by atoms with Crippen molar-refractivity contribution in [3.8, 4) is 17.4 Å². The Labute approximate surface area is 135 Å². The van der Waals surface area contributed by atoms with Crippen molar-refractivity contribution in [1.82, 2.24) is 4.98 Å². The molecule has 6 heteroatoms. The van der Waals surface area contributed by atoms with E-state index in [1.54, 1.807) is 49.7 Å². The van der Waals surface area contributed by atoms with Gasteiger partial charge >= 0.3 is 0 Å². The highest BCUT2D eigenvalue weighted by molar-refractivity contribution is 5.91. The minimum atomic E-state index is -0.271. The van der Waals surface area contributed by atoms with Crippen molar-refractivity contribution in [3.63, 3.8) is 0 Å². The van der Waals surface area contributed by atoms with E-state index >= 15 is 0 Å². The summed E-state index contributed by atoms with van der Waals surface area (Å²) in [5.74, 6) is 1.49. The molecule has 2 rings (SSSR count). The van der Waals surface area contributed by atoms with Crippen LogP contribution in [-0.4, -0.2) is 30.7 Å². The van der Waals surface area contributed by atoms with Crippen molar-refractivity contribution in [1.29, 1.82) is 0 Å². The Balaban J connectivity index is 1.84. The normalized spacial score (nSPS) is 10.3. The number of hydrogen-bond acceptors (Lipinski definition) is 5. The first-order valence-electron chi connectivity index (χ1n) is 7.26. The number of nitrogens with one attached hydrogen (secondary N) is 1. The predicted molar refractivity (Wildman–Crippen MR) is 87.1 cm³/mol. The zero-order valence-electron chi connectivity index (χ0n) is 13.4. The number of amides is 1. The Hall–Kier alpha value is -2.76. The highest BCUT2D eigenvalue weighted by atomic mass is 16.5. The van der Waals surface area contributed by atoms with Gasteiger partial charge in [-0.3, -0.25) is 4.79 Å². The number of ether oxygens (including phenoxy) is 3. The average molecular weight is 316 g/mol. The largest absolute Gasteiger partial charge is 0.497 e. The molecule has 0 aliphatic rings. The number of methoxy groups -OCH3 is 1. The maximum absolute atomic E-state index is 11.9. The monoisotopic (exact) mass is 316 g/mol. The molecule has 0 bridgehead atoms. The second-order valence-electron chi connectivity index (χ2n) is 5.07. The van der Waals surface area contributed by atoms with Crippen molar-refractivity contribution in [2.75, 3.05) is 19.0 Å². The number of aromatic nitrogens is 1. The topological polar surface area (TPSA) is 69.7 Å². The molecule has 0 spiro atoms. The van der Waals surface area contributed by atoms with Crippen LogP contribution < -0.4 is 19.5 Å². The minimum Gasteiger partial charge on any atom is -0.497 e. The summed E-state index contributed by atoms with van der Waals surface area (Å²) in [6.45, 7) is 3.75. The molecule has 0 atom stereocenters. The van der Waals surface area contributed by atoms with Crippen LogP contribution in [0.2, 0.25) is 0 Å². The zero-order chi connectivity index (χ0) is 16.7. The Morgan fingerprint density at radius 1 is 1.22 bits per heavy atom. The van der Waals surface area contributed by atoms with E-state index in [0.29, 0.717) is 23.1 Å². The van der Waals surface area contributed by atoms with Crippen molar-refractivity contribution in [3.05, 3.63) is 42.6 Å². The summed E-state index contributed by atoms with van der Waals surface area (Å²) in [6.07, 6.45) is 1.60. The molecule has 2 aromatic rings. The lowest BCUT2D eigenvalue weighted by Crippen LogP contribution is -2.20. The standard InChI is InChI=1S/C17H20N2O4/c1-12(2)23-17-8-7-13(10-18-17)19-16(20)11-22-15-6-4-5-14(9-15)21-3/h4-10,12H,11H2,1-3H3,(H,19,20). The third-order valence-corrected chi connectivity index (χ3v) is 2.79. The second-order valence-corrected chi connectivity index (χ2v) is 5.07. The van der Waals surface area contributed by atoms with Crippen LogP contribution in [0.4, 0.5) is 5.69 Å². The number of hydrogen-bond donors (Lipinski definition) is 1. The number of rotatable bonds is 7. The minimum absolute atomic E-state index is 0.0548. The van der Waals surface area contributed by atoms with Crippen LogP contribution in [0, 0.1) is 0 Å². The van der Waals surface area contributed by atoms with Gasteiger partial charge in [0.25, 0.3) is 5.91 Å². The third-order valence-electron chi connectivity index (χ3n) is 2.79. The van der Waals surface area contributed by atoms with Crippen molar-refractivity contribution >= 4 is 11.6 Å². The number of carbonyl (C=O) groups is 1. The molecular formula is C17H20N2O4. The van der Waals surface area contributed by atoms with Crippen molar-refractivity contribution in [2.24, 2.45) is 0 Å². The summed E-state index contributed by atoms with van der Waals surface area (Å²) in [7, 11) is 1.57. The third kappa shape index (κ3) is 5.50. The lowest BCUT2D eigenvalue weighted by molar-refractivity contribution is -0.118. The fourth-order valence-corrected chi connectivity index (χ4v) is 1.80. The molecule has 23 heavy (non-hydrogen) atoms. The Kier molecular flexibility index (Phi) is 5.80. The first-order chi connectivity index (χ1) is 11.1. The van der Waals surface area contributed by atoms with E-state index in [1.165, 1.54) is 0 Å². The van der Waals surface area contributed by atoms with Crippen LogP contribution in [0.1, 0.15) is 13.8 Å². The summed E-state index contributed by atoms with van der Waals surface area (Å²) in [4.78, 5) is 16.0. The highest BCUT2D eigenvalue weighted by Gasteiger charge is 2.06. The summed E-state index contributed by atoms with van der Waals surface area (Å²) < 4.78 is 16.0. The van der Waals surface area contributed by atoms with Crippen LogP contribution in [0.25, 0.3) is 0 Å². The van der Waals surface area contributed by atoms with E-state index in [9.17, 15) is 4.79 Å². The maximum atomic E-state index is 11.9. The summed E-state index contributed by atoms with van der Waals surface area (Å²) >= 11 is 0. The van der Waals surface area contributed by atoms with E-state index < -0.39 is 0 Å². The molecule has 122 valence electrons. The van der Waals surface area contributed by atoms with Gasteiger partial charge in [0, 0.05) is 12.1 Å². The van der Waals surface area contributed by atoms with Crippen LogP contribution >= 0.6 is 0 Å². The molecule has 0 aliphatic carbocycles. The fourth-order valence-electron chi connectivity index (χ4n) is 1.80. The summed E-state index contributed by atoms with van der Waals surface area (Å²) in [5, 5.41) is 2.71. The van der Waals surface area contributed by atoms with E-state index in [2.05, 4.69) is 10.3 Å². The van der Waals surface area contributed by atoms with E-state index in [4.69, 9.17) is 14.2 Å². The number of nitrogens with zero attached hydrogens (tertiary/aromatic N) is 1. The van der Waals surface area contributed by atoms with E-state index in [1.807, 2.05) is 13.8 Å². The molecule has 1 aromatic carbocycles. The molecular weight excluding hydrogens is 296 g/mol. The molecule has 0 aliphatic heterocycles. The second kappa shape index (κ2) is 8.03. The van der Waals surface area contributed by atoms with Crippen LogP contribution in [0.5, 0.6) is 17.4 Å². The lowest BCUT2D eigenvalue weighted by Gasteiger charge is -2.10. The molecule has 0 saturated carbocycles. The van der Waals surface area contributed by atoms with Gasteiger partial charge in [0.15, 0.2) is 6.61 Å². The van der Waals surface area contributed by atoms with Gasteiger partial charge < -0.3 is 19.5 Å². The maximum Gasteiger partial charge on any atom is 0.262 e. The summed E-state index contributed by atoms with van der Waals surface area (Å²) in [5.41, 5.74) is 0.584. The SMILES string of the molecule is COc1cccc(OCC(=O)Nc2ccc(OC(C)C)nc2)c1. The number of pyridine rings is 1. The molecule has 1 amide bonds. The molecule has 0 unspecified atom stereocenters. The highest BCUT2D eigenvalue weighted by Crippen LogP contribution is 2.19. The Morgan fingerprint density at radius 2 is 2.00 bits per heavy atom. The lowest BCUT2D eigenvalue weighted by atomic mass is 10.3. The fraction of sp³-hybridized carbons (Fsp3) is 0.294. The number of anilines is 1. The van der Waals surface area contributed by atoms with Crippen molar-refractivity contribution in [2.45, 2.75) is 20.0 Å². The van der Waals surface area contributed by atoms with Gasteiger partial charge in [-0.25, -0.2) is 4.98 Å². The van der Waals surface area contributed by atoms with Crippen LogP contribution in [0.3, 0.4) is 0 Å². The first kappa shape index (κ1) is 16.6. The first-order valence-corrected chi connectivity index (χ1v) is 7.26. The van der Waals surface area contributed by atoms with Gasteiger partial charge in [-0.05, 0) is 32.0 Å². The molecule has 1 aromatic heterocycles. The molecule has 0 radical (unpaired) electrons.